The molecule has 0 unspecified atom stereocenters. The number of nitrogens with one attached hydrogen (secondary N) is 1. The first-order chi connectivity index (χ1) is 14.2. The average molecular weight is 388 g/mol. The molecule has 2 aromatic carbocycles. The Labute approximate surface area is 169 Å². The van der Waals surface area contributed by atoms with Crippen LogP contribution >= 0.6 is 0 Å². The number of nitrogens with zero attached hydrogens (tertiary/aromatic N) is 3. The van der Waals surface area contributed by atoms with E-state index >= 15 is 0 Å². The van der Waals surface area contributed by atoms with E-state index in [-0.39, 0.29) is 0 Å². The second-order valence-electron chi connectivity index (χ2n) is 6.85. The van der Waals surface area contributed by atoms with E-state index in [1.54, 1.807) is 0 Å². The van der Waals surface area contributed by atoms with Crippen molar-refractivity contribution in [2.24, 2.45) is 0 Å². The third-order valence-corrected chi connectivity index (χ3v) is 4.70. The van der Waals surface area contributed by atoms with Gasteiger partial charge in [0.2, 0.25) is 5.58 Å². The van der Waals surface area contributed by atoms with Crippen LogP contribution in [0, 0.1) is 6.92 Å². The van der Waals surface area contributed by atoms with Crippen LogP contribution in [-0.4, -0.2) is 21.7 Å². The Morgan fingerprint density at radius 2 is 1.72 bits per heavy atom. The molecule has 0 aliphatic heterocycles. The molecular formula is C23H24N4O2. The predicted octanol–water partition coefficient (Wildman–Crippen LogP) is 5.17. The molecule has 0 radical (unpaired) electrons. The number of fused-ring (bicyclic) bond motifs is 1. The summed E-state index contributed by atoms with van der Waals surface area (Å²) in [6.07, 6.45) is 0.728. The molecule has 1 N–H and O–H groups in total. The van der Waals surface area contributed by atoms with Gasteiger partial charge in [-0.2, -0.15) is 0 Å². The van der Waals surface area contributed by atoms with Gasteiger partial charge in [-0.05, 0) is 31.5 Å². The fraction of sp³-hybridized carbons (Fsp3) is 0.261. The number of anilines is 1. The van der Waals surface area contributed by atoms with Gasteiger partial charge < -0.3 is 14.6 Å². The first kappa shape index (κ1) is 18.9. The van der Waals surface area contributed by atoms with Crippen molar-refractivity contribution in [3.8, 4) is 17.0 Å². The van der Waals surface area contributed by atoms with Crippen molar-refractivity contribution in [3.05, 3.63) is 65.5 Å². The molecule has 0 saturated carbocycles. The molecule has 6 nitrogen and oxygen atoms in total. The van der Waals surface area contributed by atoms with Crippen molar-refractivity contribution >= 4 is 16.9 Å². The number of benzene rings is 2. The van der Waals surface area contributed by atoms with Gasteiger partial charge in [0.1, 0.15) is 22.8 Å². The molecule has 148 valence electrons. The summed E-state index contributed by atoms with van der Waals surface area (Å²) in [4.78, 5) is 9.30. The zero-order valence-electron chi connectivity index (χ0n) is 16.9. The van der Waals surface area contributed by atoms with E-state index in [0.717, 1.165) is 40.3 Å². The minimum Gasteiger partial charge on any atom is -0.494 e. The molecule has 0 spiro atoms. The Hall–Kier alpha value is -3.41. The smallest absolute Gasteiger partial charge is 0.228 e. The minimum absolute atomic E-state index is 0.573. The molecule has 0 amide bonds. The second-order valence-corrected chi connectivity index (χ2v) is 6.85. The molecule has 0 fully saturated rings. The van der Waals surface area contributed by atoms with E-state index < -0.39 is 0 Å². The molecule has 4 rings (SSSR count). The Kier molecular flexibility index (Phi) is 5.42. The van der Waals surface area contributed by atoms with Crippen LogP contribution in [-0.2, 0) is 13.0 Å². The van der Waals surface area contributed by atoms with Crippen LogP contribution in [0.25, 0.3) is 22.4 Å². The fourth-order valence-electron chi connectivity index (χ4n) is 3.11. The van der Waals surface area contributed by atoms with Gasteiger partial charge >= 0.3 is 0 Å². The molecule has 0 aliphatic rings. The summed E-state index contributed by atoms with van der Waals surface area (Å²) in [7, 11) is 0. The van der Waals surface area contributed by atoms with Gasteiger partial charge in [0, 0.05) is 18.5 Å². The number of hydrogen-bond acceptors (Lipinski definition) is 6. The van der Waals surface area contributed by atoms with Crippen LogP contribution < -0.4 is 10.1 Å². The highest BCUT2D eigenvalue weighted by atomic mass is 16.5. The van der Waals surface area contributed by atoms with Gasteiger partial charge in [0.05, 0.1) is 6.61 Å². The van der Waals surface area contributed by atoms with E-state index in [9.17, 15) is 0 Å². The van der Waals surface area contributed by atoms with Gasteiger partial charge in [-0.1, -0.05) is 54.0 Å². The summed E-state index contributed by atoms with van der Waals surface area (Å²) in [5.74, 6) is 2.28. The lowest BCUT2D eigenvalue weighted by atomic mass is 10.1. The van der Waals surface area contributed by atoms with Gasteiger partial charge in [0.15, 0.2) is 5.82 Å². The molecule has 4 aromatic rings. The lowest BCUT2D eigenvalue weighted by Crippen LogP contribution is -2.05. The first-order valence-corrected chi connectivity index (χ1v) is 9.87. The molecule has 6 heteroatoms. The fourth-order valence-corrected chi connectivity index (χ4v) is 3.11. The molecule has 0 bridgehead atoms. The lowest BCUT2D eigenvalue weighted by molar-refractivity contribution is 0.340. The maximum Gasteiger partial charge on any atom is 0.228 e. The van der Waals surface area contributed by atoms with Crippen LogP contribution in [0.3, 0.4) is 0 Å². The summed E-state index contributed by atoms with van der Waals surface area (Å²) in [5.41, 5.74) is 5.34. The third kappa shape index (κ3) is 4.06. The van der Waals surface area contributed by atoms with E-state index in [0.29, 0.717) is 24.6 Å². The zero-order valence-corrected chi connectivity index (χ0v) is 16.9. The molecule has 29 heavy (non-hydrogen) atoms. The molecule has 0 saturated heterocycles. The average Bonchev–Trinajstić information content (AvgIpc) is 3.18. The van der Waals surface area contributed by atoms with Crippen molar-refractivity contribution in [2.75, 3.05) is 11.9 Å². The van der Waals surface area contributed by atoms with Crippen molar-refractivity contribution in [3.63, 3.8) is 0 Å². The van der Waals surface area contributed by atoms with Gasteiger partial charge in [-0.3, -0.25) is 0 Å². The topological polar surface area (TPSA) is 73.1 Å². The highest BCUT2D eigenvalue weighted by Gasteiger charge is 2.18. The normalized spacial score (nSPS) is 11.0. The second kappa shape index (κ2) is 8.31. The summed E-state index contributed by atoms with van der Waals surface area (Å²) in [5, 5.41) is 7.66. The van der Waals surface area contributed by atoms with E-state index in [1.807, 2.05) is 50.2 Å². The van der Waals surface area contributed by atoms with Gasteiger partial charge in [-0.15, -0.1) is 0 Å². The Balaban J connectivity index is 1.64. The quantitative estimate of drug-likeness (QED) is 0.471. The van der Waals surface area contributed by atoms with Crippen molar-refractivity contribution < 1.29 is 9.26 Å². The Morgan fingerprint density at radius 3 is 2.41 bits per heavy atom. The predicted molar refractivity (Wildman–Crippen MR) is 114 cm³/mol. The monoisotopic (exact) mass is 388 g/mol. The van der Waals surface area contributed by atoms with Crippen LogP contribution in [0.5, 0.6) is 5.75 Å². The van der Waals surface area contributed by atoms with Crippen LogP contribution in [0.15, 0.2) is 53.1 Å². The van der Waals surface area contributed by atoms with Gasteiger partial charge in [-0.25, -0.2) is 9.97 Å². The Morgan fingerprint density at radius 1 is 0.966 bits per heavy atom. The molecule has 0 aliphatic carbocycles. The highest BCUT2D eigenvalue weighted by molar-refractivity contribution is 5.93. The van der Waals surface area contributed by atoms with Crippen molar-refractivity contribution in [1.29, 1.82) is 0 Å². The third-order valence-electron chi connectivity index (χ3n) is 4.70. The lowest BCUT2D eigenvalue weighted by Gasteiger charge is -2.08. The largest absolute Gasteiger partial charge is 0.494 e. The van der Waals surface area contributed by atoms with Gasteiger partial charge in [0.25, 0.3) is 0 Å². The molecular weight excluding hydrogens is 364 g/mol. The summed E-state index contributed by atoms with van der Waals surface area (Å²) in [6, 6.07) is 16.2. The number of ether oxygens (including phenoxy) is 1. The SMILES string of the molecule is CCOc1ccc(CNc2nc(CC)nc3c(-c4ccc(C)cc4)noc23)cc1. The Bertz CT molecular complexity index is 1100. The minimum atomic E-state index is 0.573. The molecule has 2 heterocycles. The van der Waals surface area contributed by atoms with Crippen LogP contribution in [0.4, 0.5) is 5.82 Å². The number of hydrogen-bond donors (Lipinski definition) is 1. The maximum atomic E-state index is 5.65. The van der Waals surface area contributed by atoms with Crippen molar-refractivity contribution in [1.82, 2.24) is 15.1 Å². The maximum absolute atomic E-state index is 5.65. The van der Waals surface area contributed by atoms with E-state index in [2.05, 4.69) is 39.5 Å². The summed E-state index contributed by atoms with van der Waals surface area (Å²) < 4.78 is 11.1. The first-order valence-electron chi connectivity index (χ1n) is 9.87. The van der Waals surface area contributed by atoms with E-state index in [4.69, 9.17) is 9.26 Å². The highest BCUT2D eigenvalue weighted by Crippen LogP contribution is 2.30. The van der Waals surface area contributed by atoms with Crippen LogP contribution in [0.2, 0.25) is 0 Å². The summed E-state index contributed by atoms with van der Waals surface area (Å²) in [6.45, 7) is 7.35. The van der Waals surface area contributed by atoms with Crippen molar-refractivity contribution in [2.45, 2.75) is 33.7 Å². The van der Waals surface area contributed by atoms with Crippen LogP contribution in [0.1, 0.15) is 30.8 Å². The van der Waals surface area contributed by atoms with E-state index in [1.165, 1.54) is 5.56 Å². The molecule has 0 atom stereocenters. The number of rotatable bonds is 7. The molecule has 2 aromatic heterocycles. The zero-order chi connectivity index (χ0) is 20.2. The summed E-state index contributed by atoms with van der Waals surface area (Å²) >= 11 is 0. The standard InChI is InChI=1S/C23H24N4O2/c1-4-19-25-21-20(17-10-6-15(3)7-11-17)27-29-22(21)23(26-19)24-14-16-8-12-18(13-9-16)28-5-2/h6-13H,4-5,14H2,1-3H3,(H,24,25,26). The number of aryl methyl sites for hydroxylation is 2. The number of aromatic nitrogens is 3.